The summed E-state index contributed by atoms with van der Waals surface area (Å²) in [7, 11) is 0. The Morgan fingerprint density at radius 2 is 1.08 bits per heavy atom. The zero-order valence-corrected chi connectivity index (χ0v) is 16.7. The van der Waals surface area contributed by atoms with Gasteiger partial charge in [-0.3, -0.25) is 9.59 Å². The maximum atomic E-state index is 11.4. The van der Waals surface area contributed by atoms with E-state index in [0.717, 1.165) is 25.7 Å². The van der Waals surface area contributed by atoms with Gasteiger partial charge >= 0.3 is 11.9 Å². The number of hydrogen-bond acceptors (Lipinski definition) is 3. The van der Waals surface area contributed by atoms with Gasteiger partial charge in [0.25, 0.3) is 0 Å². The van der Waals surface area contributed by atoms with E-state index in [0.29, 0.717) is 12.8 Å². The minimum absolute atomic E-state index is 0.331. The van der Waals surface area contributed by atoms with Crippen molar-refractivity contribution in [1.29, 1.82) is 0 Å². The summed E-state index contributed by atoms with van der Waals surface area (Å²) >= 11 is 0. The van der Waals surface area contributed by atoms with Crippen LogP contribution in [-0.2, 0) is 14.3 Å². The summed E-state index contributed by atoms with van der Waals surface area (Å²) in [6, 6.07) is 0. The topological polar surface area (TPSA) is 43.4 Å². The lowest BCUT2D eigenvalue weighted by atomic mass is 10.1. The van der Waals surface area contributed by atoms with Crippen LogP contribution in [0, 0.1) is 0 Å². The van der Waals surface area contributed by atoms with Gasteiger partial charge in [0.15, 0.2) is 0 Å². The average molecular weight is 353 g/mol. The van der Waals surface area contributed by atoms with Crippen LogP contribution >= 0.6 is 0 Å². The summed E-state index contributed by atoms with van der Waals surface area (Å²) in [5.41, 5.74) is 0. The maximum absolute atomic E-state index is 11.4. The molecule has 0 heterocycles. The van der Waals surface area contributed by atoms with Crippen molar-refractivity contribution in [2.24, 2.45) is 0 Å². The molecule has 0 radical (unpaired) electrons. The third-order valence-corrected chi connectivity index (χ3v) is 4.32. The lowest BCUT2D eigenvalue weighted by molar-refractivity contribution is -0.159. The van der Waals surface area contributed by atoms with Crippen LogP contribution in [0.25, 0.3) is 0 Å². The number of rotatable bonds is 17. The molecule has 0 saturated carbocycles. The van der Waals surface area contributed by atoms with E-state index < -0.39 is 0 Å². The minimum Gasteiger partial charge on any atom is -0.393 e. The van der Waals surface area contributed by atoms with Gasteiger partial charge in [-0.1, -0.05) is 77.4 Å². The molecule has 0 aromatic carbocycles. The van der Waals surface area contributed by atoms with Gasteiger partial charge in [-0.2, -0.15) is 0 Å². The first-order valence-corrected chi connectivity index (χ1v) is 10.6. The van der Waals surface area contributed by atoms with Crippen LogP contribution < -0.4 is 0 Å². The molecule has 146 valence electrons. The molecule has 0 amide bonds. The van der Waals surface area contributed by atoms with Gasteiger partial charge in [-0.05, 0) is 38.5 Å². The fourth-order valence-corrected chi connectivity index (χ4v) is 2.77. The molecule has 0 rings (SSSR count). The van der Waals surface area contributed by atoms with Crippen LogP contribution in [0.5, 0.6) is 0 Å². The van der Waals surface area contributed by atoms with E-state index >= 15 is 0 Å². The second kappa shape index (κ2) is 19.2. The zero-order valence-electron chi connectivity index (χ0n) is 16.7. The molecule has 0 saturated heterocycles. The summed E-state index contributed by atoms with van der Waals surface area (Å²) < 4.78 is 4.72. The van der Waals surface area contributed by atoms with Crippen molar-refractivity contribution < 1.29 is 14.3 Å². The Bertz CT molecular complexity index is 347. The Balaban J connectivity index is 3.26. The van der Waals surface area contributed by atoms with Gasteiger partial charge in [0.2, 0.25) is 0 Å². The predicted molar refractivity (Wildman–Crippen MR) is 105 cm³/mol. The van der Waals surface area contributed by atoms with Crippen LogP contribution in [0.15, 0.2) is 12.2 Å². The molecule has 0 aromatic heterocycles. The molecule has 3 heteroatoms. The molecule has 0 fully saturated rings. The second-order valence-electron chi connectivity index (χ2n) is 6.93. The first-order valence-electron chi connectivity index (χ1n) is 10.6. The summed E-state index contributed by atoms with van der Waals surface area (Å²) in [4.78, 5) is 22.6. The lowest BCUT2D eigenvalue weighted by Gasteiger charge is -2.02. The normalized spacial score (nSPS) is 11.1. The molecule has 0 N–H and O–H groups in total. The van der Waals surface area contributed by atoms with E-state index in [9.17, 15) is 9.59 Å². The van der Waals surface area contributed by atoms with Crippen molar-refractivity contribution in [3.05, 3.63) is 12.2 Å². The highest BCUT2D eigenvalue weighted by molar-refractivity contribution is 5.85. The SMILES string of the molecule is CCCCCCCCC=CCCCCCCCC(=O)OC(=O)CCC. The fourth-order valence-electron chi connectivity index (χ4n) is 2.77. The van der Waals surface area contributed by atoms with E-state index in [1.165, 1.54) is 64.2 Å². The number of allylic oxidation sites excluding steroid dienone is 2. The van der Waals surface area contributed by atoms with Gasteiger partial charge < -0.3 is 4.74 Å². The molecule has 25 heavy (non-hydrogen) atoms. The van der Waals surface area contributed by atoms with Gasteiger partial charge in [0, 0.05) is 12.8 Å². The first-order chi connectivity index (χ1) is 12.2. The highest BCUT2D eigenvalue weighted by Gasteiger charge is 2.08. The summed E-state index contributed by atoms with van der Waals surface area (Å²) in [5, 5.41) is 0. The van der Waals surface area contributed by atoms with Crippen LogP contribution in [0.3, 0.4) is 0 Å². The summed E-state index contributed by atoms with van der Waals surface area (Å²) in [6.07, 6.45) is 22.1. The summed E-state index contributed by atoms with van der Waals surface area (Å²) in [6.45, 7) is 4.16. The standard InChI is InChI=1S/C22H40O3/c1-3-5-6-7-8-9-10-11-12-13-14-15-16-17-18-20-22(24)25-21(23)19-4-2/h11-12H,3-10,13-20H2,1-2H3. The largest absolute Gasteiger partial charge is 0.393 e. The Hall–Kier alpha value is -1.12. The van der Waals surface area contributed by atoms with Crippen molar-refractivity contribution in [2.45, 2.75) is 117 Å². The summed E-state index contributed by atoms with van der Waals surface area (Å²) in [5.74, 6) is -0.753. The van der Waals surface area contributed by atoms with Crippen molar-refractivity contribution in [2.75, 3.05) is 0 Å². The number of carbonyl (C=O) groups is 2. The van der Waals surface area contributed by atoms with Crippen LogP contribution in [0.4, 0.5) is 0 Å². The van der Waals surface area contributed by atoms with Crippen molar-refractivity contribution in [3.63, 3.8) is 0 Å². The Morgan fingerprint density at radius 3 is 1.64 bits per heavy atom. The van der Waals surface area contributed by atoms with E-state index in [2.05, 4.69) is 19.1 Å². The highest BCUT2D eigenvalue weighted by Crippen LogP contribution is 2.10. The van der Waals surface area contributed by atoms with Gasteiger partial charge in [0.1, 0.15) is 0 Å². The molecule has 0 aliphatic heterocycles. The molecule has 0 aromatic rings. The van der Waals surface area contributed by atoms with Crippen molar-refractivity contribution in [1.82, 2.24) is 0 Å². The zero-order chi connectivity index (χ0) is 18.6. The Labute approximate surface area is 155 Å². The predicted octanol–water partition coefficient (Wildman–Crippen LogP) is 6.89. The van der Waals surface area contributed by atoms with E-state index in [1.54, 1.807) is 0 Å². The number of hydrogen-bond donors (Lipinski definition) is 0. The molecular weight excluding hydrogens is 312 g/mol. The van der Waals surface area contributed by atoms with Crippen LogP contribution in [0.2, 0.25) is 0 Å². The Kier molecular flexibility index (Phi) is 18.3. The van der Waals surface area contributed by atoms with Crippen LogP contribution in [0.1, 0.15) is 117 Å². The van der Waals surface area contributed by atoms with Crippen molar-refractivity contribution in [3.8, 4) is 0 Å². The number of ether oxygens (including phenoxy) is 1. The van der Waals surface area contributed by atoms with E-state index in [4.69, 9.17) is 4.74 Å². The molecule has 0 aliphatic rings. The Morgan fingerprint density at radius 1 is 0.600 bits per heavy atom. The van der Waals surface area contributed by atoms with E-state index in [1.807, 2.05) is 6.92 Å². The third kappa shape index (κ3) is 19.1. The van der Waals surface area contributed by atoms with Gasteiger partial charge in [0.05, 0.1) is 0 Å². The highest BCUT2D eigenvalue weighted by atomic mass is 16.6. The molecule has 0 bridgehead atoms. The van der Waals surface area contributed by atoms with Gasteiger partial charge in [-0.15, -0.1) is 0 Å². The molecule has 0 spiro atoms. The van der Waals surface area contributed by atoms with E-state index in [-0.39, 0.29) is 11.9 Å². The third-order valence-electron chi connectivity index (χ3n) is 4.32. The monoisotopic (exact) mass is 352 g/mol. The number of unbranched alkanes of at least 4 members (excludes halogenated alkanes) is 11. The molecular formula is C22H40O3. The lowest BCUT2D eigenvalue weighted by Crippen LogP contribution is -2.11. The molecule has 3 nitrogen and oxygen atoms in total. The number of esters is 2. The number of carbonyl (C=O) groups excluding carboxylic acids is 2. The molecule has 0 unspecified atom stereocenters. The smallest absolute Gasteiger partial charge is 0.313 e. The fraction of sp³-hybridized carbons (Fsp3) is 0.818. The molecule has 0 aliphatic carbocycles. The molecule has 0 atom stereocenters. The average Bonchev–Trinajstić information content (AvgIpc) is 2.58. The quantitative estimate of drug-likeness (QED) is 0.124. The van der Waals surface area contributed by atoms with Crippen molar-refractivity contribution >= 4 is 11.9 Å². The first kappa shape index (κ1) is 23.9. The second-order valence-corrected chi connectivity index (χ2v) is 6.93. The van der Waals surface area contributed by atoms with Gasteiger partial charge in [-0.25, -0.2) is 0 Å². The minimum atomic E-state index is -0.389. The van der Waals surface area contributed by atoms with Crippen LogP contribution in [-0.4, -0.2) is 11.9 Å². The maximum Gasteiger partial charge on any atom is 0.313 e.